The summed E-state index contributed by atoms with van der Waals surface area (Å²) in [5, 5.41) is 16.9. The molecule has 5 nitrogen and oxygen atoms in total. The molecule has 11 heavy (non-hydrogen) atoms. The van der Waals surface area contributed by atoms with Crippen molar-refractivity contribution < 1.29 is 24.5 Å². The van der Waals surface area contributed by atoms with Gasteiger partial charge >= 0.3 is 11.9 Å². The highest BCUT2D eigenvalue weighted by atomic mass is 16.5. The van der Waals surface area contributed by atoms with Gasteiger partial charge < -0.3 is 14.9 Å². The molecular weight excluding hydrogens is 152 g/mol. The van der Waals surface area contributed by atoms with E-state index in [1.54, 1.807) is 6.92 Å². The van der Waals surface area contributed by atoms with Gasteiger partial charge in [-0.2, -0.15) is 0 Å². The van der Waals surface area contributed by atoms with Gasteiger partial charge in [0.1, 0.15) is 0 Å². The van der Waals surface area contributed by atoms with Crippen molar-refractivity contribution in [3.8, 4) is 0 Å². The van der Waals surface area contributed by atoms with E-state index in [9.17, 15) is 9.59 Å². The van der Waals surface area contributed by atoms with Gasteiger partial charge in [-0.25, -0.2) is 4.79 Å². The quantitative estimate of drug-likeness (QED) is 0.538. The summed E-state index contributed by atoms with van der Waals surface area (Å²) in [6.45, 7) is 1.71. The zero-order valence-corrected chi connectivity index (χ0v) is 6.11. The number of carbonyl (C=O) groups excluding carboxylic acids is 1. The van der Waals surface area contributed by atoms with Crippen molar-refractivity contribution >= 4 is 11.9 Å². The maximum atomic E-state index is 10.5. The van der Waals surface area contributed by atoms with E-state index in [2.05, 4.69) is 4.74 Å². The molecule has 0 aromatic rings. The van der Waals surface area contributed by atoms with Gasteiger partial charge in [0.15, 0.2) is 6.10 Å². The Labute approximate surface area is 63.6 Å². The summed E-state index contributed by atoms with van der Waals surface area (Å²) < 4.78 is 4.35. The lowest BCUT2D eigenvalue weighted by Gasteiger charge is -2.05. The predicted molar refractivity (Wildman–Crippen MR) is 34.9 cm³/mol. The third kappa shape index (κ3) is 4.32. The molecule has 0 aliphatic heterocycles. The minimum absolute atomic E-state index is 0.134. The molecule has 0 heterocycles. The fraction of sp³-hybridized carbons (Fsp3) is 0.667. The van der Waals surface area contributed by atoms with E-state index in [0.29, 0.717) is 0 Å². The Morgan fingerprint density at radius 1 is 1.55 bits per heavy atom. The van der Waals surface area contributed by atoms with E-state index in [-0.39, 0.29) is 6.61 Å². The maximum Gasteiger partial charge on any atom is 0.335 e. The molecule has 0 spiro atoms. The number of hydrogen-bond acceptors (Lipinski definition) is 4. The number of carboxylic acid groups (broad SMARTS) is 1. The molecule has 0 bridgehead atoms. The van der Waals surface area contributed by atoms with Crippen molar-refractivity contribution in [2.24, 2.45) is 0 Å². The van der Waals surface area contributed by atoms with E-state index in [1.165, 1.54) is 0 Å². The number of rotatable bonds is 4. The van der Waals surface area contributed by atoms with E-state index < -0.39 is 24.5 Å². The molecule has 0 saturated heterocycles. The van der Waals surface area contributed by atoms with Crippen LogP contribution in [0.1, 0.15) is 13.3 Å². The highest BCUT2D eigenvalue weighted by Gasteiger charge is 2.18. The average Bonchev–Trinajstić information content (AvgIpc) is 1.86. The minimum atomic E-state index is -1.55. The molecule has 0 rings (SSSR count). The first kappa shape index (κ1) is 9.90. The fourth-order valence-corrected chi connectivity index (χ4v) is 0.487. The summed E-state index contributed by atoms with van der Waals surface area (Å²) in [4.78, 5) is 20.5. The molecule has 0 aromatic carbocycles. The lowest BCUT2D eigenvalue weighted by atomic mass is 10.2. The second-order valence-corrected chi connectivity index (χ2v) is 1.87. The molecular formula is C6H10O5. The van der Waals surface area contributed by atoms with Crippen LogP contribution in [0.15, 0.2) is 0 Å². The number of aliphatic carboxylic acids is 1. The standard InChI is InChI=1S/C6H10O5/c1-2-11-6(10)4(7)3-5(8)9/h4,7H,2-3H2,1H3,(H,8,9). The number of ether oxygens (including phenoxy) is 1. The number of hydrogen-bond donors (Lipinski definition) is 2. The first-order valence-electron chi connectivity index (χ1n) is 3.14. The molecule has 1 unspecified atom stereocenters. The van der Waals surface area contributed by atoms with Crippen LogP contribution in [0.25, 0.3) is 0 Å². The Kier molecular flexibility index (Phi) is 4.21. The van der Waals surface area contributed by atoms with E-state index in [1.807, 2.05) is 0 Å². The SMILES string of the molecule is CCOC(=O)C(O)CC(=O)O. The van der Waals surface area contributed by atoms with Crippen LogP contribution in [0.2, 0.25) is 0 Å². The van der Waals surface area contributed by atoms with Gasteiger partial charge in [-0.05, 0) is 6.92 Å². The second-order valence-electron chi connectivity index (χ2n) is 1.87. The lowest BCUT2D eigenvalue weighted by Crippen LogP contribution is -2.25. The average molecular weight is 162 g/mol. The number of carbonyl (C=O) groups is 2. The van der Waals surface area contributed by atoms with Gasteiger partial charge in [0.25, 0.3) is 0 Å². The van der Waals surface area contributed by atoms with Crippen molar-refractivity contribution in [2.75, 3.05) is 6.61 Å². The molecule has 0 fully saturated rings. The molecule has 0 radical (unpaired) electrons. The van der Waals surface area contributed by atoms with Crippen LogP contribution >= 0.6 is 0 Å². The summed E-state index contributed by atoms with van der Waals surface area (Å²) in [6.07, 6.45) is -2.16. The van der Waals surface area contributed by atoms with Crippen LogP contribution in [0.5, 0.6) is 0 Å². The smallest absolute Gasteiger partial charge is 0.335 e. The number of aliphatic hydroxyl groups excluding tert-OH is 1. The largest absolute Gasteiger partial charge is 0.481 e. The van der Waals surface area contributed by atoms with Crippen LogP contribution in [-0.4, -0.2) is 34.9 Å². The van der Waals surface area contributed by atoms with Crippen LogP contribution in [0.3, 0.4) is 0 Å². The number of aliphatic hydroxyl groups is 1. The zero-order valence-electron chi connectivity index (χ0n) is 6.11. The maximum absolute atomic E-state index is 10.5. The van der Waals surface area contributed by atoms with Gasteiger partial charge in [-0.1, -0.05) is 0 Å². The third-order valence-corrected chi connectivity index (χ3v) is 0.927. The summed E-state index contributed by atoms with van der Waals surface area (Å²) in [5.41, 5.74) is 0. The highest BCUT2D eigenvalue weighted by molar-refractivity contribution is 5.80. The minimum Gasteiger partial charge on any atom is -0.481 e. The molecule has 1 atom stereocenters. The second kappa shape index (κ2) is 4.68. The van der Waals surface area contributed by atoms with Gasteiger partial charge in [0.05, 0.1) is 13.0 Å². The first-order valence-corrected chi connectivity index (χ1v) is 3.14. The summed E-state index contributed by atoms with van der Waals surface area (Å²) in [5.74, 6) is -2.12. The zero-order chi connectivity index (χ0) is 8.85. The van der Waals surface area contributed by atoms with Crippen LogP contribution in [0.4, 0.5) is 0 Å². The predicted octanol–water partition coefficient (Wildman–Crippen LogP) is -0.615. The van der Waals surface area contributed by atoms with E-state index >= 15 is 0 Å². The molecule has 5 heteroatoms. The number of carboxylic acids is 1. The Balaban J connectivity index is 3.73. The van der Waals surface area contributed by atoms with Crippen molar-refractivity contribution in [3.05, 3.63) is 0 Å². The monoisotopic (exact) mass is 162 g/mol. The third-order valence-electron chi connectivity index (χ3n) is 0.927. The highest BCUT2D eigenvalue weighted by Crippen LogP contribution is 1.94. The Bertz CT molecular complexity index is 153. The van der Waals surface area contributed by atoms with Crippen LogP contribution in [0, 0.1) is 0 Å². The van der Waals surface area contributed by atoms with Crippen molar-refractivity contribution in [2.45, 2.75) is 19.4 Å². The Hall–Kier alpha value is -1.10. The fourth-order valence-electron chi connectivity index (χ4n) is 0.487. The van der Waals surface area contributed by atoms with E-state index in [4.69, 9.17) is 10.2 Å². The summed E-state index contributed by atoms with van der Waals surface area (Å²) in [6, 6.07) is 0. The van der Waals surface area contributed by atoms with Crippen LogP contribution in [-0.2, 0) is 14.3 Å². The molecule has 2 N–H and O–H groups in total. The Morgan fingerprint density at radius 2 is 2.09 bits per heavy atom. The Morgan fingerprint density at radius 3 is 2.45 bits per heavy atom. The van der Waals surface area contributed by atoms with Gasteiger partial charge in [-0.3, -0.25) is 4.79 Å². The van der Waals surface area contributed by atoms with Gasteiger partial charge in [-0.15, -0.1) is 0 Å². The van der Waals surface area contributed by atoms with Gasteiger partial charge in [0, 0.05) is 0 Å². The molecule has 0 aliphatic carbocycles. The number of esters is 1. The van der Waals surface area contributed by atoms with Crippen LogP contribution < -0.4 is 0 Å². The van der Waals surface area contributed by atoms with Crippen molar-refractivity contribution in [1.82, 2.24) is 0 Å². The molecule has 0 amide bonds. The van der Waals surface area contributed by atoms with E-state index in [0.717, 1.165) is 0 Å². The van der Waals surface area contributed by atoms with Gasteiger partial charge in [0.2, 0.25) is 0 Å². The first-order chi connectivity index (χ1) is 5.07. The molecule has 0 aliphatic rings. The molecule has 0 aromatic heterocycles. The molecule has 0 saturated carbocycles. The summed E-state index contributed by atoms with van der Waals surface area (Å²) in [7, 11) is 0. The van der Waals surface area contributed by atoms with Crippen molar-refractivity contribution in [1.29, 1.82) is 0 Å². The van der Waals surface area contributed by atoms with Crippen molar-refractivity contribution in [3.63, 3.8) is 0 Å². The summed E-state index contributed by atoms with van der Waals surface area (Å²) >= 11 is 0. The topological polar surface area (TPSA) is 83.8 Å². The normalized spacial score (nSPS) is 12.2. The lowest BCUT2D eigenvalue weighted by molar-refractivity contribution is -0.157. The molecule has 64 valence electrons.